The molecule has 9 heteroatoms. The van der Waals surface area contributed by atoms with Crippen molar-refractivity contribution in [3.63, 3.8) is 0 Å². The third-order valence-corrected chi connectivity index (χ3v) is 7.33. The summed E-state index contributed by atoms with van der Waals surface area (Å²) in [6.07, 6.45) is 3.87. The summed E-state index contributed by atoms with van der Waals surface area (Å²) < 4.78 is 33.2. The molecule has 0 atom stereocenters. The quantitative estimate of drug-likeness (QED) is 0.574. The Kier molecular flexibility index (Phi) is 6.05. The minimum atomic E-state index is -3.86. The Morgan fingerprint density at radius 3 is 2.60 bits per heavy atom. The number of carbonyl (C=O) groups excluding carboxylic acids is 1. The first-order chi connectivity index (χ1) is 14.0. The van der Waals surface area contributed by atoms with Crippen molar-refractivity contribution in [2.45, 2.75) is 44.7 Å². The van der Waals surface area contributed by atoms with Crippen molar-refractivity contribution in [1.82, 2.24) is 13.9 Å². The van der Waals surface area contributed by atoms with Gasteiger partial charge in [0.05, 0.1) is 5.69 Å². The Hall–Kier alpha value is -2.65. The standard InChI is InChI=1S/C21H25N3O4S2/c1-15-13-29-14-18(15)19-9-16(12-28-20(25)23(5)21(2,3)4)11-24(19)30(26,27)17-7-6-8-22-10-17/h6-11,13-14H,12H2,1-5H3. The molecule has 1 amide bonds. The number of pyridine rings is 1. The number of carbonyl (C=O) groups is 1. The SMILES string of the molecule is Cc1cscc1-c1cc(COC(=O)N(C)C(C)(C)C)cn1S(=O)(=O)c1cccnc1. The fourth-order valence-electron chi connectivity index (χ4n) is 2.72. The summed E-state index contributed by atoms with van der Waals surface area (Å²) in [6, 6.07) is 4.83. The lowest BCUT2D eigenvalue weighted by Crippen LogP contribution is -2.42. The normalized spacial score (nSPS) is 12.0. The summed E-state index contributed by atoms with van der Waals surface area (Å²) in [4.78, 5) is 17.8. The summed E-state index contributed by atoms with van der Waals surface area (Å²) in [7, 11) is -2.19. The molecule has 0 radical (unpaired) electrons. The first-order valence-electron chi connectivity index (χ1n) is 9.32. The van der Waals surface area contributed by atoms with Gasteiger partial charge in [0.1, 0.15) is 11.5 Å². The van der Waals surface area contributed by atoms with Gasteiger partial charge >= 0.3 is 6.09 Å². The molecule has 0 fully saturated rings. The fourth-order valence-corrected chi connectivity index (χ4v) is 4.92. The van der Waals surface area contributed by atoms with E-state index in [1.54, 1.807) is 19.2 Å². The van der Waals surface area contributed by atoms with Gasteiger partial charge in [-0.3, -0.25) is 4.98 Å². The lowest BCUT2D eigenvalue weighted by atomic mass is 10.1. The Morgan fingerprint density at radius 2 is 2.03 bits per heavy atom. The predicted octanol–water partition coefficient (Wildman–Crippen LogP) is 4.52. The maximum Gasteiger partial charge on any atom is 0.410 e. The summed E-state index contributed by atoms with van der Waals surface area (Å²) in [5.74, 6) is 0. The van der Waals surface area contributed by atoms with Gasteiger partial charge in [0.25, 0.3) is 10.0 Å². The number of hydrogen-bond donors (Lipinski definition) is 0. The molecule has 0 spiro atoms. The van der Waals surface area contributed by atoms with Crippen molar-refractivity contribution in [2.24, 2.45) is 0 Å². The monoisotopic (exact) mass is 447 g/mol. The molecule has 0 bridgehead atoms. The number of amides is 1. The van der Waals surface area contributed by atoms with E-state index in [1.165, 1.54) is 44.9 Å². The molecule has 3 rings (SSSR count). The van der Waals surface area contributed by atoms with E-state index in [0.717, 1.165) is 11.1 Å². The summed E-state index contributed by atoms with van der Waals surface area (Å²) >= 11 is 1.50. The number of aromatic nitrogens is 2. The van der Waals surface area contributed by atoms with Gasteiger partial charge in [-0.05, 0) is 56.8 Å². The van der Waals surface area contributed by atoms with Gasteiger partial charge in [0.15, 0.2) is 0 Å². The molecule has 0 N–H and O–H groups in total. The zero-order valence-corrected chi connectivity index (χ0v) is 19.3. The number of hydrogen-bond acceptors (Lipinski definition) is 6. The molecular formula is C21H25N3O4S2. The molecule has 0 saturated carbocycles. The van der Waals surface area contributed by atoms with E-state index >= 15 is 0 Å². The molecule has 0 aliphatic carbocycles. The van der Waals surface area contributed by atoms with Crippen LogP contribution in [0.5, 0.6) is 0 Å². The molecule has 7 nitrogen and oxygen atoms in total. The van der Waals surface area contributed by atoms with Crippen LogP contribution in [-0.4, -0.2) is 41.0 Å². The number of nitrogens with zero attached hydrogens (tertiary/aromatic N) is 3. The largest absolute Gasteiger partial charge is 0.444 e. The smallest absolute Gasteiger partial charge is 0.410 e. The Labute approximate surface area is 181 Å². The van der Waals surface area contributed by atoms with Gasteiger partial charge in [-0.1, -0.05) is 0 Å². The van der Waals surface area contributed by atoms with Crippen molar-refractivity contribution >= 4 is 27.5 Å². The van der Waals surface area contributed by atoms with Crippen LogP contribution >= 0.6 is 11.3 Å². The third-order valence-electron chi connectivity index (χ3n) is 4.81. The summed E-state index contributed by atoms with van der Waals surface area (Å²) in [6.45, 7) is 7.61. The molecule has 0 aliphatic heterocycles. The highest BCUT2D eigenvalue weighted by molar-refractivity contribution is 7.90. The van der Waals surface area contributed by atoms with Crippen LogP contribution in [0, 0.1) is 6.92 Å². The number of rotatable bonds is 5. The van der Waals surface area contributed by atoms with E-state index in [4.69, 9.17) is 4.74 Å². The maximum absolute atomic E-state index is 13.3. The Balaban J connectivity index is 1.98. The molecule has 160 valence electrons. The molecule has 0 saturated heterocycles. The highest BCUT2D eigenvalue weighted by atomic mass is 32.2. The van der Waals surface area contributed by atoms with Crippen molar-refractivity contribution in [1.29, 1.82) is 0 Å². The van der Waals surface area contributed by atoms with Crippen molar-refractivity contribution in [3.05, 3.63) is 58.7 Å². The lowest BCUT2D eigenvalue weighted by Gasteiger charge is -2.30. The van der Waals surface area contributed by atoms with Gasteiger partial charge in [0, 0.05) is 47.7 Å². The van der Waals surface area contributed by atoms with Crippen LogP contribution in [0.15, 0.2) is 52.4 Å². The van der Waals surface area contributed by atoms with E-state index in [0.29, 0.717) is 11.3 Å². The molecule has 30 heavy (non-hydrogen) atoms. The lowest BCUT2D eigenvalue weighted by molar-refractivity contribution is 0.0759. The second kappa shape index (κ2) is 8.23. The number of aryl methyl sites for hydroxylation is 1. The van der Waals surface area contributed by atoms with E-state index < -0.39 is 16.1 Å². The fraction of sp³-hybridized carbons (Fsp3) is 0.333. The second-order valence-corrected chi connectivity index (χ2v) is 10.5. The van der Waals surface area contributed by atoms with Crippen LogP contribution in [0.2, 0.25) is 0 Å². The minimum Gasteiger partial charge on any atom is -0.444 e. The van der Waals surface area contributed by atoms with E-state index in [-0.39, 0.29) is 17.0 Å². The van der Waals surface area contributed by atoms with Crippen molar-refractivity contribution in [3.8, 4) is 11.3 Å². The molecule has 3 heterocycles. The van der Waals surface area contributed by atoms with Gasteiger partial charge in [-0.2, -0.15) is 11.3 Å². The Morgan fingerprint density at radius 1 is 1.30 bits per heavy atom. The van der Waals surface area contributed by atoms with Crippen molar-refractivity contribution in [2.75, 3.05) is 7.05 Å². The topological polar surface area (TPSA) is 81.5 Å². The average molecular weight is 448 g/mol. The van der Waals surface area contributed by atoms with Crippen molar-refractivity contribution < 1.29 is 17.9 Å². The van der Waals surface area contributed by atoms with Crippen LogP contribution in [0.3, 0.4) is 0 Å². The molecule has 3 aromatic heterocycles. The zero-order chi connectivity index (χ0) is 22.1. The van der Waals surface area contributed by atoms with Crippen LogP contribution in [0.1, 0.15) is 31.9 Å². The van der Waals surface area contributed by atoms with Gasteiger partial charge < -0.3 is 9.64 Å². The van der Waals surface area contributed by atoms with Gasteiger partial charge in [-0.15, -0.1) is 0 Å². The molecular weight excluding hydrogens is 422 g/mol. The van der Waals surface area contributed by atoms with Gasteiger partial charge in [0.2, 0.25) is 0 Å². The van der Waals surface area contributed by atoms with E-state index in [1.807, 2.05) is 38.5 Å². The van der Waals surface area contributed by atoms with Crippen LogP contribution in [-0.2, 0) is 21.4 Å². The Bertz CT molecular complexity index is 1140. The van der Waals surface area contributed by atoms with E-state index in [2.05, 4.69) is 4.98 Å². The van der Waals surface area contributed by atoms with Gasteiger partial charge in [-0.25, -0.2) is 17.2 Å². The van der Waals surface area contributed by atoms with E-state index in [9.17, 15) is 13.2 Å². The number of thiophene rings is 1. The van der Waals surface area contributed by atoms with Crippen LogP contribution in [0.25, 0.3) is 11.3 Å². The zero-order valence-electron chi connectivity index (χ0n) is 17.6. The first kappa shape index (κ1) is 22.0. The summed E-state index contributed by atoms with van der Waals surface area (Å²) in [5, 5.41) is 3.87. The molecule has 0 aliphatic rings. The number of ether oxygens (including phenoxy) is 1. The summed E-state index contributed by atoms with van der Waals surface area (Å²) in [5.41, 5.74) is 2.51. The van der Waals surface area contributed by atoms with Crippen LogP contribution in [0.4, 0.5) is 4.79 Å². The molecule has 3 aromatic rings. The highest BCUT2D eigenvalue weighted by Gasteiger charge is 2.26. The minimum absolute atomic E-state index is 0.0367. The predicted molar refractivity (Wildman–Crippen MR) is 117 cm³/mol. The maximum atomic E-state index is 13.3. The molecule has 0 aromatic carbocycles. The first-order valence-corrected chi connectivity index (χ1v) is 11.7. The molecule has 0 unspecified atom stereocenters. The second-order valence-electron chi connectivity index (χ2n) is 7.98. The highest BCUT2D eigenvalue weighted by Crippen LogP contribution is 2.31. The average Bonchev–Trinajstić information content (AvgIpc) is 3.31. The van der Waals surface area contributed by atoms with Crippen LogP contribution < -0.4 is 0 Å². The third kappa shape index (κ3) is 4.41.